The molecule has 238 valence electrons. The van der Waals surface area contributed by atoms with Crippen LogP contribution in [0.4, 0.5) is 17.6 Å². The lowest BCUT2D eigenvalue weighted by Gasteiger charge is -2.29. The molecule has 0 radical (unpaired) electrons. The van der Waals surface area contributed by atoms with Crippen LogP contribution in [-0.4, -0.2) is 45.2 Å². The zero-order chi connectivity index (χ0) is 32.8. The van der Waals surface area contributed by atoms with Crippen molar-refractivity contribution in [1.29, 1.82) is 0 Å². The second-order valence-electron chi connectivity index (χ2n) is 10.5. The van der Waals surface area contributed by atoms with Crippen LogP contribution >= 0.6 is 11.6 Å². The monoisotopic (exact) mass is 662 g/mol. The maximum atomic E-state index is 14.6. The molecule has 12 heteroatoms. The summed E-state index contributed by atoms with van der Waals surface area (Å²) < 4.78 is 85.6. The number of hydrogen-bond acceptors (Lipinski definition) is 5. The van der Waals surface area contributed by atoms with E-state index in [2.05, 4.69) is 0 Å². The molecule has 0 spiro atoms. The molecule has 6 nitrogen and oxygen atoms in total. The fraction of sp³-hybridized carbons (Fsp3) is 0.242. The number of nitrogens with two attached hydrogens (primary N) is 1. The van der Waals surface area contributed by atoms with Crippen LogP contribution in [0.3, 0.4) is 0 Å². The van der Waals surface area contributed by atoms with Crippen LogP contribution in [0.15, 0.2) is 95.9 Å². The van der Waals surface area contributed by atoms with Gasteiger partial charge in [-0.3, -0.25) is 9.69 Å². The highest BCUT2D eigenvalue weighted by molar-refractivity contribution is 7.90. The van der Waals surface area contributed by atoms with E-state index in [1.165, 1.54) is 6.07 Å². The SMILES string of the molecule is CS(=O)(=O)c1cc(OCCCN(Cc2cccc(C(F)(F)F)c2Cl)CC(c2ccccc2)c2ccccc2)cc(F)c1C(N)=O. The van der Waals surface area contributed by atoms with Gasteiger partial charge in [0.25, 0.3) is 5.91 Å². The Labute approximate surface area is 264 Å². The van der Waals surface area contributed by atoms with Gasteiger partial charge in [0.15, 0.2) is 9.84 Å². The first-order valence-corrected chi connectivity index (χ1v) is 16.2. The zero-order valence-electron chi connectivity index (χ0n) is 24.2. The molecule has 0 bridgehead atoms. The molecule has 0 aliphatic heterocycles. The van der Waals surface area contributed by atoms with E-state index in [4.69, 9.17) is 22.1 Å². The molecule has 45 heavy (non-hydrogen) atoms. The molecule has 0 aliphatic rings. The van der Waals surface area contributed by atoms with E-state index in [0.717, 1.165) is 35.6 Å². The first kappa shape index (κ1) is 34.0. The Bertz CT molecular complexity index is 1700. The number of hydrogen-bond donors (Lipinski definition) is 1. The van der Waals surface area contributed by atoms with Crippen LogP contribution in [0.1, 0.15) is 45.0 Å². The maximum Gasteiger partial charge on any atom is 0.417 e. The minimum absolute atomic E-state index is 0.00667. The minimum atomic E-state index is -4.62. The van der Waals surface area contributed by atoms with E-state index >= 15 is 0 Å². The lowest BCUT2D eigenvalue weighted by molar-refractivity contribution is -0.137. The first-order valence-electron chi connectivity index (χ1n) is 13.9. The van der Waals surface area contributed by atoms with Crippen molar-refractivity contribution in [3.63, 3.8) is 0 Å². The van der Waals surface area contributed by atoms with Gasteiger partial charge in [-0.2, -0.15) is 13.2 Å². The molecule has 0 heterocycles. The summed E-state index contributed by atoms with van der Waals surface area (Å²) in [5.41, 5.74) is 5.84. The van der Waals surface area contributed by atoms with Gasteiger partial charge in [-0.1, -0.05) is 84.4 Å². The first-order chi connectivity index (χ1) is 21.3. The van der Waals surface area contributed by atoms with Crippen LogP contribution in [0.25, 0.3) is 0 Å². The van der Waals surface area contributed by atoms with Gasteiger partial charge in [-0.05, 0) is 35.2 Å². The third-order valence-electron chi connectivity index (χ3n) is 7.18. The Hall–Kier alpha value is -3.93. The summed E-state index contributed by atoms with van der Waals surface area (Å²) in [6.45, 7) is 0.857. The number of nitrogens with zero attached hydrogens (tertiary/aromatic N) is 1. The van der Waals surface area contributed by atoms with Gasteiger partial charge < -0.3 is 10.5 Å². The number of rotatable bonds is 13. The smallest absolute Gasteiger partial charge is 0.417 e. The predicted molar refractivity (Wildman–Crippen MR) is 165 cm³/mol. The predicted octanol–water partition coefficient (Wildman–Crippen LogP) is 7.10. The van der Waals surface area contributed by atoms with Crippen molar-refractivity contribution >= 4 is 27.3 Å². The highest BCUT2D eigenvalue weighted by Gasteiger charge is 2.34. The van der Waals surface area contributed by atoms with Crippen LogP contribution in [0.5, 0.6) is 5.75 Å². The fourth-order valence-corrected chi connectivity index (χ4v) is 6.27. The number of sulfone groups is 1. The Balaban J connectivity index is 1.60. The van der Waals surface area contributed by atoms with Gasteiger partial charge in [0, 0.05) is 37.9 Å². The maximum absolute atomic E-state index is 14.6. The average molecular weight is 663 g/mol. The van der Waals surface area contributed by atoms with Crippen LogP contribution in [-0.2, 0) is 22.6 Å². The van der Waals surface area contributed by atoms with E-state index < -0.39 is 43.8 Å². The summed E-state index contributed by atoms with van der Waals surface area (Å²) >= 11 is 6.26. The number of carbonyl (C=O) groups excluding carboxylic acids is 1. The molecule has 4 aromatic carbocycles. The van der Waals surface area contributed by atoms with Crippen LogP contribution in [0, 0.1) is 5.82 Å². The molecular formula is C33H31ClF4N2O4S. The Morgan fingerprint density at radius 3 is 2.09 bits per heavy atom. The largest absolute Gasteiger partial charge is 0.493 e. The minimum Gasteiger partial charge on any atom is -0.493 e. The number of amides is 1. The van der Waals surface area contributed by atoms with Crippen molar-refractivity contribution in [2.75, 3.05) is 26.0 Å². The number of ether oxygens (including phenoxy) is 1. The van der Waals surface area contributed by atoms with Crippen molar-refractivity contribution < 1.29 is 35.5 Å². The standard InChI is InChI=1S/C33H31ClF4N2O4S/c1-45(42,43)29-19-25(18-28(35)30(29)32(39)41)44-17-9-16-40(20-24-14-8-15-27(31(24)34)33(36,37)38)21-26(22-10-4-2-5-11-22)23-12-6-3-7-13-23/h2-8,10-15,18-19,26H,9,16-17,20-21H2,1H3,(H2,39,41). The van der Waals surface area contributed by atoms with Crippen molar-refractivity contribution in [3.05, 3.63) is 130 Å². The van der Waals surface area contributed by atoms with Crippen LogP contribution < -0.4 is 10.5 Å². The molecule has 0 aliphatic carbocycles. The molecule has 1 amide bonds. The van der Waals surface area contributed by atoms with E-state index in [9.17, 15) is 30.8 Å². The van der Waals surface area contributed by atoms with Gasteiger partial charge in [0.2, 0.25) is 0 Å². The van der Waals surface area contributed by atoms with E-state index in [-0.39, 0.29) is 29.8 Å². The molecule has 0 aromatic heterocycles. The number of carbonyl (C=O) groups is 1. The number of alkyl halides is 3. The topological polar surface area (TPSA) is 89.7 Å². The van der Waals surface area contributed by atoms with Gasteiger partial charge in [0.1, 0.15) is 11.6 Å². The Morgan fingerprint density at radius 1 is 0.956 bits per heavy atom. The zero-order valence-corrected chi connectivity index (χ0v) is 25.8. The summed E-state index contributed by atoms with van der Waals surface area (Å²) in [6.07, 6.45) is -3.46. The van der Waals surface area contributed by atoms with Gasteiger partial charge in [-0.25, -0.2) is 12.8 Å². The summed E-state index contributed by atoms with van der Waals surface area (Å²) in [5.74, 6) is -2.60. The molecular weight excluding hydrogens is 632 g/mol. The summed E-state index contributed by atoms with van der Waals surface area (Å²) in [7, 11) is -4.01. The molecule has 0 unspecified atom stereocenters. The highest BCUT2D eigenvalue weighted by Crippen LogP contribution is 2.37. The Kier molecular flexibility index (Phi) is 10.9. The molecule has 0 saturated heterocycles. The Morgan fingerprint density at radius 2 is 1.56 bits per heavy atom. The van der Waals surface area contributed by atoms with Crippen molar-refractivity contribution in [3.8, 4) is 5.75 Å². The second-order valence-corrected chi connectivity index (χ2v) is 12.9. The molecule has 0 fully saturated rings. The molecule has 2 N–H and O–H groups in total. The van der Waals surface area contributed by atoms with Crippen molar-refractivity contribution in [2.24, 2.45) is 5.73 Å². The average Bonchev–Trinajstić information content (AvgIpc) is 2.98. The number of halogens is 5. The quantitative estimate of drug-likeness (QED) is 0.122. The summed E-state index contributed by atoms with van der Waals surface area (Å²) in [4.78, 5) is 13.1. The second kappa shape index (κ2) is 14.4. The summed E-state index contributed by atoms with van der Waals surface area (Å²) in [5, 5.41) is -0.374. The summed E-state index contributed by atoms with van der Waals surface area (Å²) in [6, 6.07) is 25.1. The van der Waals surface area contributed by atoms with E-state index in [1.807, 2.05) is 65.6 Å². The molecule has 0 saturated carbocycles. The molecule has 4 rings (SSSR count). The lowest BCUT2D eigenvalue weighted by Crippen LogP contribution is -2.31. The lowest BCUT2D eigenvalue weighted by atomic mass is 9.90. The number of primary amides is 1. The van der Waals surface area contributed by atoms with Gasteiger partial charge >= 0.3 is 6.18 Å². The van der Waals surface area contributed by atoms with Crippen molar-refractivity contribution in [1.82, 2.24) is 4.90 Å². The van der Waals surface area contributed by atoms with Gasteiger partial charge in [-0.15, -0.1) is 0 Å². The third kappa shape index (κ3) is 8.84. The van der Waals surface area contributed by atoms with Crippen LogP contribution in [0.2, 0.25) is 5.02 Å². The molecule has 0 atom stereocenters. The van der Waals surface area contributed by atoms with E-state index in [0.29, 0.717) is 25.1 Å². The number of benzene rings is 4. The van der Waals surface area contributed by atoms with Gasteiger partial charge in [0.05, 0.1) is 27.7 Å². The van der Waals surface area contributed by atoms with Crippen molar-refractivity contribution in [2.45, 2.75) is 30.0 Å². The fourth-order valence-electron chi connectivity index (χ4n) is 5.08. The normalized spacial score (nSPS) is 12.1. The highest BCUT2D eigenvalue weighted by atomic mass is 35.5. The van der Waals surface area contributed by atoms with E-state index in [1.54, 1.807) is 6.07 Å². The third-order valence-corrected chi connectivity index (χ3v) is 8.75. The molecule has 4 aromatic rings.